The lowest BCUT2D eigenvalue weighted by molar-refractivity contribution is 0.290. The van der Waals surface area contributed by atoms with Crippen LogP contribution in [-0.4, -0.2) is 20.3 Å². The Labute approximate surface area is 137 Å². The zero-order valence-electron chi connectivity index (χ0n) is 13.7. The highest BCUT2D eigenvalue weighted by Gasteiger charge is 2.16. The molecule has 23 heavy (non-hydrogen) atoms. The van der Waals surface area contributed by atoms with Gasteiger partial charge in [-0.1, -0.05) is 31.2 Å². The van der Waals surface area contributed by atoms with E-state index in [1.165, 1.54) is 12.1 Å². The average molecular weight is 317 g/mol. The number of benzene rings is 2. The van der Waals surface area contributed by atoms with Crippen molar-refractivity contribution in [2.24, 2.45) is 5.73 Å². The molecule has 0 amide bonds. The molecule has 0 saturated carbocycles. The van der Waals surface area contributed by atoms with Crippen molar-refractivity contribution in [2.45, 2.75) is 25.7 Å². The first-order chi connectivity index (χ1) is 11.2. The third-order valence-corrected chi connectivity index (χ3v) is 3.82. The van der Waals surface area contributed by atoms with Crippen LogP contribution in [0.5, 0.6) is 11.5 Å². The van der Waals surface area contributed by atoms with Crippen LogP contribution >= 0.6 is 0 Å². The highest BCUT2D eigenvalue weighted by molar-refractivity contribution is 5.47. The summed E-state index contributed by atoms with van der Waals surface area (Å²) in [7, 11) is 1.64. The number of para-hydroxylation sites is 1. The molecular weight excluding hydrogens is 293 g/mol. The first-order valence-corrected chi connectivity index (χ1v) is 7.93. The van der Waals surface area contributed by atoms with E-state index >= 15 is 0 Å². The van der Waals surface area contributed by atoms with E-state index in [4.69, 9.17) is 15.2 Å². The van der Waals surface area contributed by atoms with Crippen molar-refractivity contribution in [1.29, 1.82) is 0 Å². The number of halogens is 1. The van der Waals surface area contributed by atoms with Crippen LogP contribution < -0.4 is 15.2 Å². The van der Waals surface area contributed by atoms with Gasteiger partial charge in [0, 0.05) is 5.92 Å². The molecule has 0 aliphatic carbocycles. The third-order valence-electron chi connectivity index (χ3n) is 3.82. The number of rotatable bonds is 8. The van der Waals surface area contributed by atoms with E-state index in [0.717, 1.165) is 35.5 Å². The van der Waals surface area contributed by atoms with E-state index in [1.807, 2.05) is 18.2 Å². The van der Waals surface area contributed by atoms with Gasteiger partial charge in [0.25, 0.3) is 0 Å². The number of methoxy groups -OCH3 is 1. The summed E-state index contributed by atoms with van der Waals surface area (Å²) >= 11 is 0. The SMILES string of the molecule is CCCOc1c(CC(CN)c2ccc(F)cc2)cccc1OC. The molecule has 1 atom stereocenters. The molecule has 0 fully saturated rings. The summed E-state index contributed by atoms with van der Waals surface area (Å²) in [4.78, 5) is 0. The Hall–Kier alpha value is -2.07. The van der Waals surface area contributed by atoms with Gasteiger partial charge in [-0.2, -0.15) is 0 Å². The van der Waals surface area contributed by atoms with Gasteiger partial charge in [0.2, 0.25) is 0 Å². The van der Waals surface area contributed by atoms with Gasteiger partial charge in [-0.15, -0.1) is 0 Å². The largest absolute Gasteiger partial charge is 0.493 e. The van der Waals surface area contributed by atoms with Crippen molar-refractivity contribution in [3.05, 3.63) is 59.4 Å². The number of hydrogen-bond acceptors (Lipinski definition) is 3. The van der Waals surface area contributed by atoms with Crippen LogP contribution in [0.25, 0.3) is 0 Å². The minimum Gasteiger partial charge on any atom is -0.493 e. The summed E-state index contributed by atoms with van der Waals surface area (Å²) in [6, 6.07) is 12.4. The molecule has 0 bridgehead atoms. The second-order valence-electron chi connectivity index (χ2n) is 5.49. The Morgan fingerprint density at radius 1 is 1.13 bits per heavy atom. The van der Waals surface area contributed by atoms with Gasteiger partial charge in [-0.3, -0.25) is 0 Å². The molecule has 124 valence electrons. The van der Waals surface area contributed by atoms with Crippen molar-refractivity contribution in [2.75, 3.05) is 20.3 Å². The molecule has 2 aromatic carbocycles. The van der Waals surface area contributed by atoms with E-state index in [1.54, 1.807) is 19.2 Å². The third kappa shape index (κ3) is 4.45. The molecule has 0 saturated heterocycles. The van der Waals surface area contributed by atoms with E-state index in [0.29, 0.717) is 13.2 Å². The predicted octanol–water partition coefficient (Wildman–Crippen LogP) is 3.91. The average Bonchev–Trinajstić information content (AvgIpc) is 2.59. The van der Waals surface area contributed by atoms with Gasteiger partial charge in [-0.05, 0) is 48.7 Å². The maximum absolute atomic E-state index is 13.1. The Morgan fingerprint density at radius 3 is 2.48 bits per heavy atom. The van der Waals surface area contributed by atoms with Crippen molar-refractivity contribution >= 4 is 0 Å². The number of hydrogen-bond donors (Lipinski definition) is 1. The molecule has 2 N–H and O–H groups in total. The van der Waals surface area contributed by atoms with Crippen LogP contribution in [0.3, 0.4) is 0 Å². The lowest BCUT2D eigenvalue weighted by Crippen LogP contribution is -2.16. The molecule has 0 radical (unpaired) electrons. The van der Waals surface area contributed by atoms with Gasteiger partial charge in [0.05, 0.1) is 13.7 Å². The van der Waals surface area contributed by atoms with E-state index in [9.17, 15) is 4.39 Å². The predicted molar refractivity (Wildman–Crippen MR) is 90.7 cm³/mol. The van der Waals surface area contributed by atoms with Gasteiger partial charge in [0.1, 0.15) is 5.82 Å². The minimum atomic E-state index is -0.238. The van der Waals surface area contributed by atoms with Crippen LogP contribution in [0, 0.1) is 5.82 Å². The van der Waals surface area contributed by atoms with Crippen LogP contribution in [0.2, 0.25) is 0 Å². The topological polar surface area (TPSA) is 44.5 Å². The fourth-order valence-electron chi connectivity index (χ4n) is 2.59. The van der Waals surface area contributed by atoms with E-state index in [-0.39, 0.29) is 11.7 Å². The molecule has 2 aromatic rings. The Bertz CT molecular complexity index is 613. The molecule has 0 heterocycles. The zero-order chi connectivity index (χ0) is 16.7. The van der Waals surface area contributed by atoms with Crippen molar-refractivity contribution in [1.82, 2.24) is 0 Å². The smallest absolute Gasteiger partial charge is 0.164 e. The van der Waals surface area contributed by atoms with Crippen molar-refractivity contribution in [3.63, 3.8) is 0 Å². The zero-order valence-corrected chi connectivity index (χ0v) is 13.7. The highest BCUT2D eigenvalue weighted by atomic mass is 19.1. The van der Waals surface area contributed by atoms with Crippen molar-refractivity contribution in [3.8, 4) is 11.5 Å². The van der Waals surface area contributed by atoms with Crippen LogP contribution in [0.1, 0.15) is 30.4 Å². The molecule has 1 unspecified atom stereocenters. The summed E-state index contributed by atoms with van der Waals surface area (Å²) in [6.07, 6.45) is 1.65. The molecule has 0 aromatic heterocycles. The minimum absolute atomic E-state index is 0.103. The fourth-order valence-corrected chi connectivity index (χ4v) is 2.59. The maximum atomic E-state index is 13.1. The lowest BCUT2D eigenvalue weighted by atomic mass is 9.91. The van der Waals surface area contributed by atoms with Gasteiger partial charge < -0.3 is 15.2 Å². The standard InChI is InChI=1S/C19H24FNO2/c1-3-11-23-19-15(5-4-6-18(19)22-2)12-16(13-21)14-7-9-17(20)10-8-14/h4-10,16H,3,11-13,21H2,1-2H3. The molecule has 0 aliphatic heterocycles. The molecule has 3 nitrogen and oxygen atoms in total. The maximum Gasteiger partial charge on any atom is 0.164 e. The van der Waals surface area contributed by atoms with E-state index < -0.39 is 0 Å². The lowest BCUT2D eigenvalue weighted by Gasteiger charge is -2.19. The van der Waals surface area contributed by atoms with Crippen LogP contribution in [0.15, 0.2) is 42.5 Å². The molecule has 4 heteroatoms. The second-order valence-corrected chi connectivity index (χ2v) is 5.49. The summed E-state index contributed by atoms with van der Waals surface area (Å²) in [6.45, 7) is 3.18. The fraction of sp³-hybridized carbons (Fsp3) is 0.368. The van der Waals surface area contributed by atoms with E-state index in [2.05, 4.69) is 6.92 Å². The quantitative estimate of drug-likeness (QED) is 0.803. The van der Waals surface area contributed by atoms with Crippen LogP contribution in [0.4, 0.5) is 4.39 Å². The molecule has 2 rings (SSSR count). The number of ether oxygens (including phenoxy) is 2. The van der Waals surface area contributed by atoms with Gasteiger partial charge in [0.15, 0.2) is 11.5 Å². The van der Waals surface area contributed by atoms with Gasteiger partial charge >= 0.3 is 0 Å². The Balaban J connectivity index is 2.27. The summed E-state index contributed by atoms with van der Waals surface area (Å²) in [5.74, 6) is 1.37. The highest BCUT2D eigenvalue weighted by Crippen LogP contribution is 2.34. The monoisotopic (exact) mass is 317 g/mol. The number of nitrogens with two attached hydrogens (primary N) is 1. The first-order valence-electron chi connectivity index (χ1n) is 7.93. The van der Waals surface area contributed by atoms with Crippen molar-refractivity contribution < 1.29 is 13.9 Å². The molecule has 0 spiro atoms. The molecular formula is C19H24FNO2. The molecule has 0 aliphatic rings. The normalized spacial score (nSPS) is 12.0. The summed E-state index contributed by atoms with van der Waals surface area (Å²) < 4.78 is 24.4. The summed E-state index contributed by atoms with van der Waals surface area (Å²) in [5, 5.41) is 0. The second kappa shape index (κ2) is 8.53. The summed E-state index contributed by atoms with van der Waals surface area (Å²) in [5.41, 5.74) is 8.03. The van der Waals surface area contributed by atoms with Crippen LogP contribution in [-0.2, 0) is 6.42 Å². The Kier molecular flexibility index (Phi) is 6.41. The Morgan fingerprint density at radius 2 is 1.87 bits per heavy atom. The first kappa shape index (κ1) is 17.3. The van der Waals surface area contributed by atoms with Gasteiger partial charge in [-0.25, -0.2) is 4.39 Å².